The van der Waals surface area contributed by atoms with E-state index in [0.29, 0.717) is 0 Å². The van der Waals surface area contributed by atoms with Crippen LogP contribution in [0.2, 0.25) is 0 Å². The second-order valence-corrected chi connectivity index (χ2v) is 5.39. The Morgan fingerprint density at radius 3 is 2.55 bits per heavy atom. The first-order valence-corrected chi connectivity index (χ1v) is 7.59. The Hall–Kier alpha value is -1.88. The molecule has 5 heteroatoms. The van der Waals surface area contributed by atoms with Crippen LogP contribution in [0.25, 0.3) is 0 Å². The van der Waals surface area contributed by atoms with E-state index in [9.17, 15) is 9.59 Å². The number of esters is 1. The maximum atomic E-state index is 12.1. The van der Waals surface area contributed by atoms with Gasteiger partial charge in [-0.15, -0.1) is 0 Å². The van der Waals surface area contributed by atoms with E-state index in [0.717, 1.165) is 25.7 Å². The zero-order valence-corrected chi connectivity index (χ0v) is 12.7. The van der Waals surface area contributed by atoms with Gasteiger partial charge in [0.2, 0.25) is 6.29 Å². The number of ether oxygens (including phenoxy) is 2. The Morgan fingerprint density at radius 2 is 1.91 bits per heavy atom. The van der Waals surface area contributed by atoms with Gasteiger partial charge in [0, 0.05) is 6.42 Å². The molecule has 0 spiro atoms. The molecule has 5 nitrogen and oxygen atoms in total. The number of carboxylic acids is 1. The number of hydrogen-bond donors (Lipinski definition) is 1. The van der Waals surface area contributed by atoms with E-state index in [1.54, 1.807) is 13.3 Å². The molecule has 1 unspecified atom stereocenters. The molecule has 1 fully saturated rings. The third kappa shape index (κ3) is 4.56. The van der Waals surface area contributed by atoms with Gasteiger partial charge in [0.15, 0.2) is 0 Å². The van der Waals surface area contributed by atoms with Crippen molar-refractivity contribution in [2.24, 2.45) is 0 Å². The van der Waals surface area contributed by atoms with Crippen LogP contribution in [0.1, 0.15) is 59.7 Å². The highest BCUT2D eigenvalue weighted by atomic mass is 16.7. The van der Waals surface area contributed by atoms with Crippen molar-refractivity contribution in [2.45, 2.75) is 51.4 Å². The van der Waals surface area contributed by atoms with E-state index < -0.39 is 18.2 Å². The van der Waals surface area contributed by atoms with Crippen LogP contribution in [0.5, 0.6) is 0 Å². The van der Waals surface area contributed by atoms with Crippen LogP contribution >= 0.6 is 0 Å². The normalized spacial score (nSPS) is 17.0. The van der Waals surface area contributed by atoms with Gasteiger partial charge in [-0.05, 0) is 31.0 Å². The Labute approximate surface area is 130 Å². The van der Waals surface area contributed by atoms with E-state index in [-0.39, 0.29) is 17.2 Å². The lowest BCUT2D eigenvalue weighted by molar-refractivity contribution is -0.130. The fourth-order valence-corrected chi connectivity index (χ4v) is 2.52. The number of carboxylic acid groups (broad SMARTS) is 1. The molecule has 0 amide bonds. The lowest BCUT2D eigenvalue weighted by Crippen LogP contribution is -2.28. The molecule has 1 aromatic carbocycles. The smallest absolute Gasteiger partial charge is 0.340 e. The average Bonchev–Trinajstić information content (AvgIpc) is 2.55. The molecule has 0 saturated heterocycles. The quantitative estimate of drug-likeness (QED) is 0.644. The van der Waals surface area contributed by atoms with Gasteiger partial charge in [0.1, 0.15) is 0 Å². The summed E-state index contributed by atoms with van der Waals surface area (Å²) < 4.78 is 11.1. The van der Waals surface area contributed by atoms with Crippen molar-refractivity contribution in [3.63, 3.8) is 0 Å². The molecule has 119 valence electrons. The fourth-order valence-electron chi connectivity index (χ4n) is 2.52. The lowest BCUT2D eigenvalue weighted by atomic mass is 9.98. The van der Waals surface area contributed by atoms with Crippen molar-refractivity contribution in [1.29, 1.82) is 0 Å². The van der Waals surface area contributed by atoms with E-state index in [2.05, 4.69) is 0 Å². The summed E-state index contributed by atoms with van der Waals surface area (Å²) in [6, 6.07) is 5.79. The summed E-state index contributed by atoms with van der Waals surface area (Å²) in [4.78, 5) is 23.0. The molecular weight excluding hydrogens is 284 g/mol. The van der Waals surface area contributed by atoms with Crippen molar-refractivity contribution < 1.29 is 24.2 Å². The number of rotatable bonds is 6. The third-order valence-electron chi connectivity index (χ3n) is 3.72. The molecule has 1 aromatic rings. The first-order valence-electron chi connectivity index (χ1n) is 7.59. The van der Waals surface area contributed by atoms with Crippen LogP contribution in [0, 0.1) is 6.42 Å². The molecule has 0 heterocycles. The molecule has 0 aromatic heterocycles. The van der Waals surface area contributed by atoms with Crippen LogP contribution in [-0.4, -0.2) is 29.4 Å². The van der Waals surface area contributed by atoms with Crippen molar-refractivity contribution in [3.05, 3.63) is 41.8 Å². The molecule has 0 aliphatic heterocycles. The summed E-state index contributed by atoms with van der Waals surface area (Å²) in [6.07, 6.45) is 6.56. The molecule has 2 rings (SSSR count). The van der Waals surface area contributed by atoms with E-state index >= 15 is 0 Å². The second-order valence-electron chi connectivity index (χ2n) is 5.39. The van der Waals surface area contributed by atoms with E-state index in [4.69, 9.17) is 14.6 Å². The fraction of sp³-hybridized carbons (Fsp3) is 0.471. The van der Waals surface area contributed by atoms with Gasteiger partial charge in [-0.3, -0.25) is 0 Å². The summed E-state index contributed by atoms with van der Waals surface area (Å²) in [6.45, 7) is 1.77. The number of carbonyl (C=O) groups excluding carboxylic acids is 1. The summed E-state index contributed by atoms with van der Waals surface area (Å²) in [5.41, 5.74) is 0.263. The Bertz CT molecular complexity index is 520. The summed E-state index contributed by atoms with van der Waals surface area (Å²) in [5.74, 6) is -1.66. The maximum absolute atomic E-state index is 12.1. The molecule has 1 N–H and O–H groups in total. The first-order chi connectivity index (χ1) is 10.6. The van der Waals surface area contributed by atoms with Crippen LogP contribution < -0.4 is 0 Å². The van der Waals surface area contributed by atoms with E-state index in [1.165, 1.54) is 30.7 Å². The highest BCUT2D eigenvalue weighted by molar-refractivity contribution is 5.94. The zero-order valence-electron chi connectivity index (χ0n) is 12.7. The minimum atomic E-state index is -1.08. The van der Waals surface area contributed by atoms with Crippen LogP contribution in [0.4, 0.5) is 0 Å². The first kappa shape index (κ1) is 16.5. The average molecular weight is 305 g/mol. The molecule has 1 atom stereocenters. The minimum absolute atomic E-state index is 0.0553. The molecule has 1 aliphatic carbocycles. The maximum Gasteiger partial charge on any atom is 0.340 e. The Kier molecular flexibility index (Phi) is 5.95. The predicted octanol–water partition coefficient (Wildman–Crippen LogP) is 3.44. The van der Waals surface area contributed by atoms with Crippen molar-refractivity contribution in [3.8, 4) is 0 Å². The summed E-state index contributed by atoms with van der Waals surface area (Å²) in [7, 11) is 0. The summed E-state index contributed by atoms with van der Waals surface area (Å²) >= 11 is 0. The van der Waals surface area contributed by atoms with Crippen LogP contribution in [-0.2, 0) is 9.47 Å². The predicted molar refractivity (Wildman–Crippen MR) is 80.5 cm³/mol. The number of aromatic carboxylic acids is 1. The van der Waals surface area contributed by atoms with Gasteiger partial charge in [-0.25, -0.2) is 9.59 Å². The SMILES string of the molecule is C[CH]C(OC(=O)c1cccc(C(=O)O)c1)OC1CCCCC1. The van der Waals surface area contributed by atoms with Gasteiger partial charge in [0.05, 0.1) is 17.2 Å². The zero-order chi connectivity index (χ0) is 15.9. The van der Waals surface area contributed by atoms with E-state index in [1.807, 2.05) is 0 Å². The Balaban J connectivity index is 1.96. The van der Waals surface area contributed by atoms with Gasteiger partial charge in [0.25, 0.3) is 0 Å². The van der Waals surface area contributed by atoms with Crippen molar-refractivity contribution in [2.75, 3.05) is 0 Å². The monoisotopic (exact) mass is 305 g/mol. The number of carbonyl (C=O) groups is 2. The number of hydrogen-bond acceptors (Lipinski definition) is 4. The van der Waals surface area contributed by atoms with Crippen LogP contribution in [0.3, 0.4) is 0 Å². The molecule has 1 saturated carbocycles. The number of benzene rings is 1. The van der Waals surface area contributed by atoms with Gasteiger partial charge in [-0.1, -0.05) is 32.3 Å². The van der Waals surface area contributed by atoms with Gasteiger partial charge in [-0.2, -0.15) is 0 Å². The standard InChI is InChI=1S/C17H21O5/c1-2-15(21-14-9-4-3-5-10-14)22-17(20)13-8-6-7-12(11-13)16(18)19/h2,6-8,11,14-15H,3-5,9-10H2,1H3,(H,18,19). The second kappa shape index (κ2) is 7.94. The largest absolute Gasteiger partial charge is 0.478 e. The molecule has 1 radical (unpaired) electrons. The van der Waals surface area contributed by atoms with Crippen molar-refractivity contribution in [1.82, 2.24) is 0 Å². The molecule has 22 heavy (non-hydrogen) atoms. The van der Waals surface area contributed by atoms with Crippen molar-refractivity contribution >= 4 is 11.9 Å². The highest BCUT2D eigenvalue weighted by Gasteiger charge is 2.22. The minimum Gasteiger partial charge on any atom is -0.478 e. The molecular formula is C17H21O5. The molecule has 0 bridgehead atoms. The van der Waals surface area contributed by atoms with Gasteiger partial charge >= 0.3 is 11.9 Å². The Morgan fingerprint density at radius 1 is 1.23 bits per heavy atom. The molecule has 1 aliphatic rings. The summed E-state index contributed by atoms with van der Waals surface area (Å²) in [5, 5.41) is 8.95. The highest BCUT2D eigenvalue weighted by Crippen LogP contribution is 2.22. The van der Waals surface area contributed by atoms with Crippen LogP contribution in [0.15, 0.2) is 24.3 Å². The topological polar surface area (TPSA) is 72.8 Å². The van der Waals surface area contributed by atoms with Gasteiger partial charge < -0.3 is 14.6 Å². The third-order valence-corrected chi connectivity index (χ3v) is 3.72. The lowest BCUT2D eigenvalue weighted by Gasteiger charge is -2.26.